The third-order valence-corrected chi connectivity index (χ3v) is 2.56. The average Bonchev–Trinajstić information content (AvgIpc) is 2.61. The van der Waals surface area contributed by atoms with E-state index in [0.717, 1.165) is 0 Å². The Balaban J connectivity index is 2.76. The molecule has 0 atom stereocenters. The molecule has 5 nitrogen and oxygen atoms in total. The molecule has 0 aliphatic heterocycles. The lowest BCUT2D eigenvalue weighted by molar-refractivity contribution is 0.0697. The average molecular weight is 240 g/mol. The second-order valence-electron chi connectivity index (χ2n) is 3.76. The molecule has 0 fully saturated rings. The summed E-state index contributed by atoms with van der Waals surface area (Å²) < 4.78 is 1.65. The maximum absolute atomic E-state index is 10.9. The van der Waals surface area contributed by atoms with E-state index >= 15 is 0 Å². The predicted octanol–water partition coefficient (Wildman–Crippen LogP) is 2.36. The molecule has 0 bridgehead atoms. The van der Waals surface area contributed by atoms with Gasteiger partial charge in [-0.1, -0.05) is 16.8 Å². The van der Waals surface area contributed by atoms with Crippen LogP contribution in [0, 0.1) is 0 Å². The Labute approximate surface area is 96.6 Å². The zero-order valence-corrected chi connectivity index (χ0v) is 9.56. The fourth-order valence-electron chi connectivity index (χ4n) is 1.50. The van der Waals surface area contributed by atoms with Gasteiger partial charge in [-0.25, -0.2) is 9.48 Å². The van der Waals surface area contributed by atoms with Gasteiger partial charge in [-0.15, -0.1) is 5.10 Å². The van der Waals surface area contributed by atoms with Crippen molar-refractivity contribution < 1.29 is 9.90 Å². The van der Waals surface area contributed by atoms with Crippen LogP contribution in [-0.2, 0) is 0 Å². The smallest absolute Gasteiger partial charge is 0.335 e. The summed E-state index contributed by atoms with van der Waals surface area (Å²) in [7, 11) is 0. The molecular formula is C10H10ClN3O2. The van der Waals surface area contributed by atoms with E-state index < -0.39 is 5.97 Å². The predicted molar refractivity (Wildman–Crippen MR) is 59.9 cm³/mol. The van der Waals surface area contributed by atoms with Gasteiger partial charge >= 0.3 is 5.97 Å². The fraction of sp³-hybridized carbons (Fsp3) is 0.300. The van der Waals surface area contributed by atoms with Crippen LogP contribution in [0.1, 0.15) is 30.2 Å². The van der Waals surface area contributed by atoms with Crippen molar-refractivity contribution in [1.82, 2.24) is 15.0 Å². The molecule has 2 aromatic rings. The van der Waals surface area contributed by atoms with Gasteiger partial charge in [0.25, 0.3) is 0 Å². The molecule has 0 saturated heterocycles. The van der Waals surface area contributed by atoms with Gasteiger partial charge in [-0.3, -0.25) is 0 Å². The lowest BCUT2D eigenvalue weighted by atomic mass is 10.2. The number of hydrogen-bond donors (Lipinski definition) is 1. The first-order valence-electron chi connectivity index (χ1n) is 4.78. The van der Waals surface area contributed by atoms with E-state index in [9.17, 15) is 4.79 Å². The van der Waals surface area contributed by atoms with E-state index in [4.69, 9.17) is 16.7 Å². The molecule has 0 saturated carbocycles. The van der Waals surface area contributed by atoms with Crippen LogP contribution in [0.25, 0.3) is 11.0 Å². The second-order valence-corrected chi connectivity index (χ2v) is 4.17. The van der Waals surface area contributed by atoms with E-state index in [-0.39, 0.29) is 11.6 Å². The van der Waals surface area contributed by atoms with E-state index in [0.29, 0.717) is 16.1 Å². The number of aromatic carboxylic acids is 1. The van der Waals surface area contributed by atoms with Crippen LogP contribution in [0.3, 0.4) is 0 Å². The van der Waals surface area contributed by atoms with Gasteiger partial charge in [-0.05, 0) is 26.0 Å². The van der Waals surface area contributed by atoms with Crippen molar-refractivity contribution >= 4 is 28.6 Å². The van der Waals surface area contributed by atoms with Crippen LogP contribution < -0.4 is 0 Å². The lowest BCUT2D eigenvalue weighted by Crippen LogP contribution is -2.03. The number of rotatable bonds is 2. The highest BCUT2D eigenvalue weighted by molar-refractivity contribution is 6.35. The number of nitrogens with zero attached hydrogens (tertiary/aromatic N) is 3. The van der Waals surface area contributed by atoms with Crippen molar-refractivity contribution in [3.05, 3.63) is 22.7 Å². The normalized spacial score (nSPS) is 11.2. The summed E-state index contributed by atoms with van der Waals surface area (Å²) in [5.41, 5.74) is 1.31. The molecular weight excluding hydrogens is 230 g/mol. The van der Waals surface area contributed by atoms with Crippen molar-refractivity contribution in [3.8, 4) is 0 Å². The Morgan fingerprint density at radius 2 is 2.19 bits per heavy atom. The van der Waals surface area contributed by atoms with E-state index in [1.807, 2.05) is 13.8 Å². The minimum atomic E-state index is -1.01. The van der Waals surface area contributed by atoms with Gasteiger partial charge < -0.3 is 5.11 Å². The molecule has 0 radical (unpaired) electrons. The van der Waals surface area contributed by atoms with E-state index in [1.165, 1.54) is 12.1 Å². The van der Waals surface area contributed by atoms with Crippen molar-refractivity contribution in [2.24, 2.45) is 0 Å². The number of benzene rings is 1. The monoisotopic (exact) mass is 239 g/mol. The van der Waals surface area contributed by atoms with Crippen LogP contribution in [-0.4, -0.2) is 26.1 Å². The van der Waals surface area contributed by atoms with Gasteiger partial charge in [0.15, 0.2) is 0 Å². The number of halogens is 1. The van der Waals surface area contributed by atoms with Crippen LogP contribution in [0.15, 0.2) is 12.1 Å². The third-order valence-electron chi connectivity index (χ3n) is 2.27. The second kappa shape index (κ2) is 3.75. The molecule has 1 aromatic carbocycles. The SMILES string of the molecule is CC(C)n1nnc2c(Cl)cc(C(=O)O)cc21. The summed E-state index contributed by atoms with van der Waals surface area (Å²) in [5, 5.41) is 17.1. The molecule has 0 unspecified atom stereocenters. The zero-order chi connectivity index (χ0) is 11.9. The number of carboxylic acid groups (broad SMARTS) is 1. The molecule has 1 N–H and O–H groups in total. The standard InChI is InChI=1S/C10H10ClN3O2/c1-5(2)14-8-4-6(10(15)16)3-7(11)9(8)12-13-14/h3-5H,1-2H3,(H,15,16). The molecule has 1 aromatic heterocycles. The van der Waals surface area contributed by atoms with Crippen molar-refractivity contribution in [2.75, 3.05) is 0 Å². The molecule has 84 valence electrons. The van der Waals surface area contributed by atoms with Crippen LogP contribution >= 0.6 is 11.6 Å². The van der Waals surface area contributed by atoms with Crippen molar-refractivity contribution in [1.29, 1.82) is 0 Å². The van der Waals surface area contributed by atoms with Gasteiger partial charge in [0, 0.05) is 6.04 Å². The topological polar surface area (TPSA) is 68.0 Å². The summed E-state index contributed by atoms with van der Waals surface area (Å²) >= 11 is 5.95. The molecule has 1 heterocycles. The highest BCUT2D eigenvalue weighted by Gasteiger charge is 2.14. The highest BCUT2D eigenvalue weighted by atomic mass is 35.5. The van der Waals surface area contributed by atoms with E-state index in [1.54, 1.807) is 4.68 Å². The highest BCUT2D eigenvalue weighted by Crippen LogP contribution is 2.25. The largest absolute Gasteiger partial charge is 0.478 e. The Morgan fingerprint density at radius 1 is 1.50 bits per heavy atom. The number of carbonyl (C=O) groups is 1. The zero-order valence-electron chi connectivity index (χ0n) is 8.81. The van der Waals surface area contributed by atoms with Gasteiger partial charge in [0.05, 0.1) is 16.1 Å². The summed E-state index contributed by atoms with van der Waals surface area (Å²) in [4.78, 5) is 10.9. The minimum Gasteiger partial charge on any atom is -0.478 e. The molecule has 0 aliphatic rings. The third kappa shape index (κ3) is 1.63. The number of hydrogen-bond acceptors (Lipinski definition) is 3. The van der Waals surface area contributed by atoms with Crippen LogP contribution in [0.5, 0.6) is 0 Å². The maximum Gasteiger partial charge on any atom is 0.335 e. The Morgan fingerprint density at radius 3 is 2.75 bits per heavy atom. The van der Waals surface area contributed by atoms with Crippen LogP contribution in [0.2, 0.25) is 5.02 Å². The Hall–Kier alpha value is -1.62. The van der Waals surface area contributed by atoms with E-state index in [2.05, 4.69) is 10.3 Å². The first-order chi connectivity index (χ1) is 7.50. The number of fused-ring (bicyclic) bond motifs is 1. The summed E-state index contributed by atoms with van der Waals surface area (Å²) in [6.45, 7) is 3.88. The molecule has 0 amide bonds. The van der Waals surface area contributed by atoms with Crippen molar-refractivity contribution in [2.45, 2.75) is 19.9 Å². The molecule has 0 spiro atoms. The van der Waals surface area contributed by atoms with Gasteiger partial charge in [0.2, 0.25) is 0 Å². The van der Waals surface area contributed by atoms with Crippen molar-refractivity contribution in [3.63, 3.8) is 0 Å². The molecule has 6 heteroatoms. The summed E-state index contributed by atoms with van der Waals surface area (Å²) in [5.74, 6) is -1.01. The van der Waals surface area contributed by atoms with Gasteiger partial charge in [0.1, 0.15) is 5.52 Å². The summed E-state index contributed by atoms with van der Waals surface area (Å²) in [6, 6.07) is 3.01. The Bertz CT molecular complexity index is 562. The maximum atomic E-state index is 10.9. The van der Waals surface area contributed by atoms with Gasteiger partial charge in [-0.2, -0.15) is 0 Å². The number of aromatic nitrogens is 3. The van der Waals surface area contributed by atoms with Crippen LogP contribution in [0.4, 0.5) is 0 Å². The fourth-order valence-corrected chi connectivity index (χ4v) is 1.76. The Kier molecular flexibility index (Phi) is 2.55. The number of carboxylic acids is 1. The molecule has 16 heavy (non-hydrogen) atoms. The quantitative estimate of drug-likeness (QED) is 0.874. The first kappa shape index (κ1) is 10.9. The first-order valence-corrected chi connectivity index (χ1v) is 5.16. The summed E-state index contributed by atoms with van der Waals surface area (Å²) in [6.07, 6.45) is 0. The molecule has 2 rings (SSSR count). The molecule has 0 aliphatic carbocycles. The lowest BCUT2D eigenvalue weighted by Gasteiger charge is -2.05. The minimum absolute atomic E-state index is 0.102.